The molecule has 0 radical (unpaired) electrons. The highest BCUT2D eigenvalue weighted by molar-refractivity contribution is 7.92. The summed E-state index contributed by atoms with van der Waals surface area (Å²) in [7, 11) is -3.16. The number of methoxy groups -OCH3 is 1. The molecule has 1 aliphatic carbocycles. The number of nitrogen functional groups attached to an aromatic ring is 1. The summed E-state index contributed by atoms with van der Waals surface area (Å²) in [5.41, 5.74) is 6.79. The van der Waals surface area contributed by atoms with E-state index < -0.39 is 49.4 Å². The van der Waals surface area contributed by atoms with Gasteiger partial charge in [-0.15, -0.1) is 13.2 Å². The Kier molecular flexibility index (Phi) is 10.4. The number of nitrogens with two attached hydrogens (primary N) is 1. The van der Waals surface area contributed by atoms with Gasteiger partial charge in [0.15, 0.2) is 0 Å². The molecule has 1 fully saturated rings. The first kappa shape index (κ1) is 35.6. The molecular weight excluding hydrogens is 683 g/mol. The minimum atomic E-state index is -5.11. The number of sulfonamides is 1. The molecule has 48 heavy (non-hydrogen) atoms. The van der Waals surface area contributed by atoms with Crippen LogP contribution in [0.5, 0.6) is 5.75 Å². The molecule has 0 aliphatic heterocycles. The third kappa shape index (κ3) is 7.61. The van der Waals surface area contributed by atoms with E-state index in [-0.39, 0.29) is 29.0 Å². The maximum absolute atomic E-state index is 15.8. The fourth-order valence-corrected chi connectivity index (χ4v) is 7.52. The van der Waals surface area contributed by atoms with Crippen LogP contribution < -0.4 is 20.5 Å². The molecule has 5 rings (SSSR count). The van der Waals surface area contributed by atoms with E-state index in [1.165, 1.54) is 0 Å². The number of alkyl halides is 3. The molecule has 0 unspecified atom stereocenters. The Morgan fingerprint density at radius 2 is 1.81 bits per heavy atom. The molecule has 2 heterocycles. The van der Waals surface area contributed by atoms with Crippen molar-refractivity contribution in [2.75, 3.05) is 30.7 Å². The highest BCUT2D eigenvalue weighted by atomic mass is 35.5. The number of aromatic nitrogens is 3. The average molecular weight is 717 g/mol. The molecule has 2 aromatic heterocycles. The summed E-state index contributed by atoms with van der Waals surface area (Å²) >= 11 is 5.93. The number of rotatable bonds is 11. The van der Waals surface area contributed by atoms with Crippen molar-refractivity contribution < 1.29 is 39.8 Å². The second-order valence-electron chi connectivity index (χ2n) is 11.8. The van der Waals surface area contributed by atoms with Crippen molar-refractivity contribution in [2.24, 2.45) is 0 Å². The molecule has 10 nitrogen and oxygen atoms in total. The lowest BCUT2D eigenvalue weighted by atomic mass is 9.81. The molecule has 260 valence electrons. The smallest absolute Gasteiger partial charge is 0.406 e. The number of nitrogens with zero attached hydrogens (tertiary/aromatic N) is 3. The van der Waals surface area contributed by atoms with Gasteiger partial charge in [-0.3, -0.25) is 9.40 Å². The topological polar surface area (TPSA) is 133 Å². The van der Waals surface area contributed by atoms with E-state index in [0.29, 0.717) is 35.7 Å². The van der Waals surface area contributed by atoms with Crippen molar-refractivity contribution in [3.8, 4) is 17.0 Å². The minimum absolute atomic E-state index is 0.0197. The zero-order valence-corrected chi connectivity index (χ0v) is 27.7. The Bertz CT molecular complexity index is 1910. The van der Waals surface area contributed by atoms with Gasteiger partial charge < -0.3 is 20.5 Å². The molecule has 0 bridgehead atoms. The molecule has 0 spiro atoms. The number of fused-ring (bicyclic) bond motifs is 1. The maximum Gasteiger partial charge on any atom is 0.573 e. The Hall–Kier alpha value is -3.73. The summed E-state index contributed by atoms with van der Waals surface area (Å²) in [5, 5.41) is 8.00. The Labute approximate surface area is 278 Å². The van der Waals surface area contributed by atoms with E-state index in [9.17, 15) is 21.6 Å². The number of anilines is 2. The molecule has 2 aromatic carbocycles. The molecule has 1 saturated carbocycles. The van der Waals surface area contributed by atoms with Gasteiger partial charge in [-0.1, -0.05) is 11.6 Å². The van der Waals surface area contributed by atoms with Crippen LogP contribution in [0.1, 0.15) is 57.1 Å². The normalized spacial score (nSPS) is 17.3. The van der Waals surface area contributed by atoms with Crippen molar-refractivity contribution in [2.45, 2.75) is 68.8 Å². The van der Waals surface area contributed by atoms with E-state index in [0.717, 1.165) is 56.0 Å². The SMILES string of the molecule is COCCNC1CCC(c2cnc(N)c3c(-c4cc(F)c(NS(=O)(=O)c5cc(OC(F)(F)F)ccc5Cl)cc4F)nn(C(C)C)c23)CC1. The van der Waals surface area contributed by atoms with Gasteiger partial charge in [0.1, 0.15) is 33.8 Å². The van der Waals surface area contributed by atoms with Crippen molar-refractivity contribution in [3.63, 3.8) is 0 Å². The Morgan fingerprint density at radius 1 is 1.10 bits per heavy atom. The Balaban J connectivity index is 1.50. The van der Waals surface area contributed by atoms with E-state index >= 15 is 8.78 Å². The molecule has 0 amide bonds. The van der Waals surface area contributed by atoms with Crippen LogP contribution in [0.2, 0.25) is 5.02 Å². The molecular formula is C31H34ClF5N6O4S. The lowest BCUT2D eigenvalue weighted by Crippen LogP contribution is -2.34. The van der Waals surface area contributed by atoms with Gasteiger partial charge in [0.05, 0.1) is 28.2 Å². The van der Waals surface area contributed by atoms with Gasteiger partial charge >= 0.3 is 6.36 Å². The largest absolute Gasteiger partial charge is 0.573 e. The second-order valence-corrected chi connectivity index (χ2v) is 13.8. The molecule has 1 aliphatic rings. The maximum atomic E-state index is 15.8. The van der Waals surface area contributed by atoms with E-state index in [2.05, 4.69) is 20.1 Å². The van der Waals surface area contributed by atoms with Gasteiger partial charge in [-0.25, -0.2) is 22.2 Å². The standard InChI is InChI=1S/C31H34ClF5N6O4S/c1-16(2)43-29-21(17-4-6-18(7-5-17)39-10-11-46-3)15-40-30(38)27(29)28(41-43)20-13-24(34)25(14-23(20)33)42-48(44,45)26-12-19(8-9-22(26)32)47-31(35,36)37/h8-9,12-18,39,42H,4-7,10-11H2,1-3H3,(H2,38,40). The number of benzene rings is 2. The molecule has 4 aromatic rings. The van der Waals surface area contributed by atoms with Gasteiger partial charge in [0.2, 0.25) is 0 Å². The predicted octanol–water partition coefficient (Wildman–Crippen LogP) is 7.15. The second kappa shape index (κ2) is 14.0. The van der Waals surface area contributed by atoms with Crippen molar-refractivity contribution in [3.05, 3.63) is 58.7 Å². The zero-order chi connectivity index (χ0) is 35.0. The Morgan fingerprint density at radius 3 is 2.46 bits per heavy atom. The lowest BCUT2D eigenvalue weighted by molar-refractivity contribution is -0.274. The lowest BCUT2D eigenvalue weighted by Gasteiger charge is -2.30. The number of nitrogens with one attached hydrogen (secondary N) is 2. The average Bonchev–Trinajstić information content (AvgIpc) is 3.41. The van der Waals surface area contributed by atoms with Gasteiger partial charge in [-0.05, 0) is 69.2 Å². The third-order valence-corrected chi connectivity index (χ3v) is 10.0. The summed E-state index contributed by atoms with van der Waals surface area (Å²) in [6, 6.07) is 3.72. The van der Waals surface area contributed by atoms with Crippen molar-refractivity contribution in [1.82, 2.24) is 20.1 Å². The number of hydrogen-bond donors (Lipinski definition) is 3. The van der Waals surface area contributed by atoms with E-state index in [1.54, 1.807) is 18.0 Å². The number of halogens is 6. The molecule has 4 N–H and O–H groups in total. The fraction of sp³-hybridized carbons (Fsp3) is 0.419. The van der Waals surface area contributed by atoms with Gasteiger partial charge in [0, 0.05) is 49.6 Å². The van der Waals surface area contributed by atoms with E-state index in [4.69, 9.17) is 22.1 Å². The van der Waals surface area contributed by atoms with Gasteiger partial charge in [-0.2, -0.15) is 5.10 Å². The van der Waals surface area contributed by atoms with Crippen LogP contribution in [0, 0.1) is 11.6 Å². The van der Waals surface area contributed by atoms with E-state index in [1.807, 2.05) is 18.6 Å². The minimum Gasteiger partial charge on any atom is -0.406 e. The first-order valence-corrected chi connectivity index (χ1v) is 16.9. The van der Waals surface area contributed by atoms with Crippen LogP contribution >= 0.6 is 11.6 Å². The zero-order valence-electron chi connectivity index (χ0n) is 26.2. The summed E-state index contributed by atoms with van der Waals surface area (Å²) in [5.74, 6) is -2.93. The summed E-state index contributed by atoms with van der Waals surface area (Å²) in [6.07, 6.45) is 0.158. The number of hydrogen-bond acceptors (Lipinski definition) is 8. The first-order valence-electron chi connectivity index (χ1n) is 15.1. The molecule has 0 saturated heterocycles. The van der Waals surface area contributed by atoms with Gasteiger partial charge in [0.25, 0.3) is 10.0 Å². The quantitative estimate of drug-likeness (QED) is 0.110. The first-order chi connectivity index (χ1) is 22.6. The summed E-state index contributed by atoms with van der Waals surface area (Å²) in [6.45, 7) is 5.15. The number of pyridine rings is 1. The van der Waals surface area contributed by atoms with Crippen molar-refractivity contribution in [1.29, 1.82) is 0 Å². The van der Waals surface area contributed by atoms with Crippen LogP contribution in [-0.2, 0) is 14.8 Å². The van der Waals surface area contributed by atoms with Crippen LogP contribution in [-0.4, -0.2) is 55.8 Å². The monoisotopic (exact) mass is 716 g/mol. The molecule has 17 heteroatoms. The van der Waals surface area contributed by atoms with Crippen LogP contribution in [0.3, 0.4) is 0 Å². The highest BCUT2D eigenvalue weighted by Crippen LogP contribution is 2.42. The predicted molar refractivity (Wildman–Crippen MR) is 171 cm³/mol. The van der Waals surface area contributed by atoms with Crippen molar-refractivity contribution >= 4 is 44.0 Å². The van der Waals surface area contributed by atoms with Crippen LogP contribution in [0.4, 0.5) is 33.5 Å². The van der Waals surface area contributed by atoms with Crippen LogP contribution in [0.25, 0.3) is 22.2 Å². The highest BCUT2D eigenvalue weighted by Gasteiger charge is 2.33. The third-order valence-electron chi connectivity index (χ3n) is 8.16. The summed E-state index contributed by atoms with van der Waals surface area (Å²) in [4.78, 5) is 3.56. The summed E-state index contributed by atoms with van der Waals surface area (Å²) < 4.78 is 108. The van der Waals surface area contributed by atoms with Crippen LogP contribution in [0.15, 0.2) is 41.4 Å². The fourth-order valence-electron chi connectivity index (χ4n) is 5.95. The molecule has 0 atom stereocenters. The number of ether oxygens (including phenoxy) is 2.